The Morgan fingerprint density at radius 3 is 2.41 bits per heavy atom. The van der Waals surface area contributed by atoms with Gasteiger partial charge in [0, 0.05) is 17.3 Å². The van der Waals surface area contributed by atoms with Gasteiger partial charge in [0.15, 0.2) is 0 Å². The Labute approximate surface area is 190 Å². The number of carbonyl (C=O) groups excluding carboxylic acids is 2. The molecule has 0 saturated carbocycles. The van der Waals surface area contributed by atoms with Crippen molar-refractivity contribution in [2.45, 2.75) is 26.8 Å². The van der Waals surface area contributed by atoms with E-state index in [1.807, 2.05) is 69.3 Å². The van der Waals surface area contributed by atoms with Gasteiger partial charge in [0.25, 0.3) is 5.91 Å². The van der Waals surface area contributed by atoms with Crippen LogP contribution in [0.4, 0.5) is 5.82 Å². The lowest BCUT2D eigenvalue weighted by Crippen LogP contribution is -2.47. The summed E-state index contributed by atoms with van der Waals surface area (Å²) < 4.78 is 1.11. The number of fused-ring (bicyclic) bond motifs is 1. The van der Waals surface area contributed by atoms with Crippen LogP contribution in [0.25, 0.3) is 20.8 Å². The van der Waals surface area contributed by atoms with Gasteiger partial charge >= 0.3 is 0 Å². The van der Waals surface area contributed by atoms with Crippen molar-refractivity contribution in [1.29, 1.82) is 0 Å². The van der Waals surface area contributed by atoms with Gasteiger partial charge < -0.3 is 10.6 Å². The summed E-state index contributed by atoms with van der Waals surface area (Å²) in [6.07, 6.45) is 1.70. The van der Waals surface area contributed by atoms with E-state index in [4.69, 9.17) is 0 Å². The van der Waals surface area contributed by atoms with Crippen molar-refractivity contribution < 1.29 is 9.59 Å². The van der Waals surface area contributed by atoms with Crippen LogP contribution in [0.2, 0.25) is 0 Å². The largest absolute Gasteiger partial charge is 0.340 e. The number of para-hydroxylation sites is 1. The number of amides is 2. The molecule has 2 aromatic heterocycles. The Morgan fingerprint density at radius 1 is 0.969 bits per heavy atom. The van der Waals surface area contributed by atoms with Gasteiger partial charge in [-0.25, -0.2) is 9.97 Å². The molecular formula is C25H24N4O2S. The molecule has 162 valence electrons. The predicted octanol–water partition coefficient (Wildman–Crippen LogP) is 5.06. The number of thiazole rings is 1. The van der Waals surface area contributed by atoms with Crippen molar-refractivity contribution in [2.24, 2.45) is 5.92 Å². The molecule has 1 atom stereocenters. The second kappa shape index (κ2) is 9.28. The number of nitrogens with one attached hydrogen (secondary N) is 2. The van der Waals surface area contributed by atoms with Gasteiger partial charge in [-0.15, -0.1) is 11.3 Å². The highest BCUT2D eigenvalue weighted by atomic mass is 32.1. The lowest BCUT2D eigenvalue weighted by molar-refractivity contribution is -0.118. The molecule has 0 fully saturated rings. The average molecular weight is 445 g/mol. The van der Waals surface area contributed by atoms with E-state index in [0.29, 0.717) is 11.4 Å². The SMILES string of the molecule is Cc1ccccc1C(=O)NC(C(=O)Nc1ccc(-c2nc3ccccc3s2)cn1)C(C)C. The molecule has 0 radical (unpaired) electrons. The van der Waals surface area contributed by atoms with Crippen LogP contribution >= 0.6 is 11.3 Å². The molecule has 32 heavy (non-hydrogen) atoms. The summed E-state index contributed by atoms with van der Waals surface area (Å²) in [4.78, 5) is 34.6. The second-order valence-electron chi connectivity index (χ2n) is 7.92. The maximum atomic E-state index is 12.9. The first-order valence-corrected chi connectivity index (χ1v) is 11.2. The van der Waals surface area contributed by atoms with E-state index in [0.717, 1.165) is 26.4 Å². The van der Waals surface area contributed by atoms with Crippen molar-refractivity contribution in [2.75, 3.05) is 5.32 Å². The fourth-order valence-electron chi connectivity index (χ4n) is 3.38. The molecule has 2 N–H and O–H groups in total. The molecule has 4 aromatic rings. The van der Waals surface area contributed by atoms with Crippen molar-refractivity contribution in [3.63, 3.8) is 0 Å². The van der Waals surface area contributed by atoms with Crippen LogP contribution in [0.5, 0.6) is 0 Å². The molecule has 4 rings (SSSR count). The summed E-state index contributed by atoms with van der Waals surface area (Å²) >= 11 is 1.60. The highest BCUT2D eigenvalue weighted by molar-refractivity contribution is 7.21. The number of carbonyl (C=O) groups is 2. The minimum Gasteiger partial charge on any atom is -0.340 e. The zero-order chi connectivity index (χ0) is 22.7. The minimum absolute atomic E-state index is 0.0926. The van der Waals surface area contributed by atoms with Gasteiger partial charge in [-0.2, -0.15) is 0 Å². The molecule has 2 aromatic carbocycles. The number of aryl methyl sites for hydroxylation is 1. The first-order valence-electron chi connectivity index (χ1n) is 10.4. The van der Waals surface area contributed by atoms with E-state index in [-0.39, 0.29) is 17.7 Å². The third-order valence-corrected chi connectivity index (χ3v) is 6.27. The molecule has 6 nitrogen and oxygen atoms in total. The van der Waals surface area contributed by atoms with Crippen LogP contribution < -0.4 is 10.6 Å². The number of pyridine rings is 1. The topological polar surface area (TPSA) is 84.0 Å². The number of nitrogens with zero attached hydrogens (tertiary/aromatic N) is 2. The van der Waals surface area contributed by atoms with Crippen molar-refractivity contribution >= 4 is 39.2 Å². The summed E-state index contributed by atoms with van der Waals surface area (Å²) in [5.74, 6) is -0.237. The molecule has 0 bridgehead atoms. The van der Waals surface area contributed by atoms with E-state index in [1.54, 1.807) is 29.7 Å². The van der Waals surface area contributed by atoms with Crippen LogP contribution in [0.3, 0.4) is 0 Å². The number of anilines is 1. The normalized spacial score (nSPS) is 12.0. The number of benzene rings is 2. The molecular weight excluding hydrogens is 420 g/mol. The lowest BCUT2D eigenvalue weighted by Gasteiger charge is -2.22. The van der Waals surface area contributed by atoms with Gasteiger partial charge in [0.05, 0.1) is 10.2 Å². The molecule has 0 aliphatic rings. The molecule has 7 heteroatoms. The zero-order valence-electron chi connectivity index (χ0n) is 18.1. The number of aromatic nitrogens is 2. The maximum absolute atomic E-state index is 12.9. The highest BCUT2D eigenvalue weighted by Gasteiger charge is 2.25. The van der Waals surface area contributed by atoms with E-state index in [1.165, 1.54) is 0 Å². The van der Waals surface area contributed by atoms with E-state index >= 15 is 0 Å². The van der Waals surface area contributed by atoms with Crippen molar-refractivity contribution in [1.82, 2.24) is 15.3 Å². The van der Waals surface area contributed by atoms with Crippen molar-refractivity contribution in [3.8, 4) is 10.6 Å². The van der Waals surface area contributed by atoms with Crippen LogP contribution in [0.15, 0.2) is 66.9 Å². The second-order valence-corrected chi connectivity index (χ2v) is 8.95. The molecule has 0 spiro atoms. The van der Waals surface area contributed by atoms with E-state index in [9.17, 15) is 9.59 Å². The predicted molar refractivity (Wildman–Crippen MR) is 129 cm³/mol. The van der Waals surface area contributed by atoms with Gasteiger partial charge in [-0.3, -0.25) is 9.59 Å². The number of rotatable bonds is 6. The van der Waals surface area contributed by atoms with Gasteiger partial charge in [0.1, 0.15) is 16.9 Å². The number of hydrogen-bond donors (Lipinski definition) is 2. The third-order valence-electron chi connectivity index (χ3n) is 5.18. The Hall–Kier alpha value is -3.58. The summed E-state index contributed by atoms with van der Waals surface area (Å²) in [5, 5.41) is 6.55. The van der Waals surface area contributed by atoms with Crippen LogP contribution in [-0.4, -0.2) is 27.8 Å². The summed E-state index contributed by atoms with van der Waals surface area (Å²) in [7, 11) is 0. The average Bonchev–Trinajstić information content (AvgIpc) is 3.22. The fourth-order valence-corrected chi connectivity index (χ4v) is 4.33. The minimum atomic E-state index is -0.687. The molecule has 2 heterocycles. The zero-order valence-corrected chi connectivity index (χ0v) is 18.9. The Balaban J connectivity index is 1.46. The summed E-state index contributed by atoms with van der Waals surface area (Å²) in [6, 6.07) is 18.2. The number of hydrogen-bond acceptors (Lipinski definition) is 5. The first-order chi connectivity index (χ1) is 15.4. The van der Waals surface area contributed by atoms with Crippen molar-refractivity contribution in [3.05, 3.63) is 78.0 Å². The standard InChI is InChI=1S/C25H24N4O2S/c1-15(2)22(29-23(30)18-9-5-4-8-16(18)3)24(31)28-21-13-12-17(14-26-21)25-27-19-10-6-7-11-20(19)32-25/h4-15,22H,1-3H3,(H,29,30)(H,26,28,31). The molecule has 0 saturated heterocycles. The highest BCUT2D eigenvalue weighted by Crippen LogP contribution is 2.29. The van der Waals surface area contributed by atoms with Crippen LogP contribution in [0, 0.1) is 12.8 Å². The van der Waals surface area contributed by atoms with Crippen LogP contribution in [-0.2, 0) is 4.79 Å². The molecule has 0 aliphatic heterocycles. The maximum Gasteiger partial charge on any atom is 0.252 e. The fraction of sp³-hybridized carbons (Fsp3) is 0.200. The van der Waals surface area contributed by atoms with Gasteiger partial charge in [-0.05, 0) is 48.7 Å². The molecule has 2 amide bonds. The Kier molecular flexibility index (Phi) is 6.28. The van der Waals surface area contributed by atoms with Gasteiger partial charge in [0.2, 0.25) is 5.91 Å². The molecule has 1 unspecified atom stereocenters. The lowest BCUT2D eigenvalue weighted by atomic mass is 10.0. The first kappa shape index (κ1) is 21.6. The molecule has 0 aliphatic carbocycles. The van der Waals surface area contributed by atoms with Crippen LogP contribution in [0.1, 0.15) is 29.8 Å². The summed E-state index contributed by atoms with van der Waals surface area (Å²) in [5.41, 5.74) is 3.26. The Morgan fingerprint density at radius 2 is 1.72 bits per heavy atom. The monoisotopic (exact) mass is 444 g/mol. The third kappa shape index (κ3) is 4.68. The smallest absolute Gasteiger partial charge is 0.252 e. The Bertz CT molecular complexity index is 1230. The van der Waals surface area contributed by atoms with E-state index < -0.39 is 6.04 Å². The van der Waals surface area contributed by atoms with E-state index in [2.05, 4.69) is 20.6 Å². The van der Waals surface area contributed by atoms with Gasteiger partial charge in [-0.1, -0.05) is 44.2 Å². The quantitative estimate of drug-likeness (QED) is 0.435. The summed E-state index contributed by atoms with van der Waals surface area (Å²) in [6.45, 7) is 5.66.